The van der Waals surface area contributed by atoms with Gasteiger partial charge in [-0.2, -0.15) is 0 Å². The van der Waals surface area contributed by atoms with Gasteiger partial charge in [-0.3, -0.25) is 14.5 Å². The normalized spacial score (nSPS) is 17.4. The Morgan fingerprint density at radius 1 is 1.34 bits per heavy atom. The molecule has 1 aliphatic heterocycles. The molecule has 6 nitrogen and oxygen atoms in total. The van der Waals surface area contributed by atoms with Gasteiger partial charge in [-0.25, -0.2) is 9.38 Å². The van der Waals surface area contributed by atoms with E-state index in [0.717, 1.165) is 0 Å². The fraction of sp³-hybridized carbons (Fsp3) is 0.190. The van der Waals surface area contributed by atoms with Crippen LogP contribution in [0, 0.1) is 5.82 Å². The van der Waals surface area contributed by atoms with E-state index in [1.54, 1.807) is 31.4 Å². The van der Waals surface area contributed by atoms with E-state index in [4.69, 9.17) is 4.74 Å². The number of hydrogen-bond donors (Lipinski definition) is 1. The van der Waals surface area contributed by atoms with E-state index in [0.29, 0.717) is 28.8 Å². The summed E-state index contributed by atoms with van der Waals surface area (Å²) in [5, 5.41) is 2.58. The SMILES string of the molecule is C=CCN1C(=O)[C@@H](CC(=O)Nc2ccc(F)cc2)SC1=Nc1cccc(OC)c1. The number of benzene rings is 2. The summed E-state index contributed by atoms with van der Waals surface area (Å²) in [6, 6.07) is 12.6. The van der Waals surface area contributed by atoms with Crippen molar-refractivity contribution in [1.82, 2.24) is 4.90 Å². The van der Waals surface area contributed by atoms with E-state index in [1.807, 2.05) is 6.07 Å². The average molecular weight is 413 g/mol. The summed E-state index contributed by atoms with van der Waals surface area (Å²) in [5.41, 5.74) is 1.12. The quantitative estimate of drug-likeness (QED) is 0.697. The van der Waals surface area contributed by atoms with Crippen LogP contribution < -0.4 is 10.1 Å². The van der Waals surface area contributed by atoms with E-state index in [2.05, 4.69) is 16.9 Å². The number of nitrogens with one attached hydrogen (secondary N) is 1. The summed E-state index contributed by atoms with van der Waals surface area (Å²) in [4.78, 5) is 31.2. The lowest BCUT2D eigenvalue weighted by Crippen LogP contribution is -2.33. The molecule has 0 radical (unpaired) electrons. The highest BCUT2D eigenvalue weighted by atomic mass is 32.2. The average Bonchev–Trinajstić information content (AvgIpc) is 2.99. The maximum absolute atomic E-state index is 13.0. The number of ether oxygens (including phenoxy) is 1. The molecule has 150 valence electrons. The summed E-state index contributed by atoms with van der Waals surface area (Å²) in [7, 11) is 1.57. The number of hydrogen-bond acceptors (Lipinski definition) is 5. The number of amidine groups is 1. The van der Waals surface area contributed by atoms with Gasteiger partial charge >= 0.3 is 0 Å². The predicted octanol–water partition coefficient (Wildman–Crippen LogP) is 3.98. The van der Waals surface area contributed by atoms with Crippen LogP contribution in [0.1, 0.15) is 6.42 Å². The largest absolute Gasteiger partial charge is 0.497 e. The number of aliphatic imine (C=N–C) groups is 1. The second-order valence-electron chi connectivity index (χ2n) is 6.20. The van der Waals surface area contributed by atoms with Crippen molar-refractivity contribution < 1.29 is 18.7 Å². The van der Waals surface area contributed by atoms with Crippen molar-refractivity contribution >= 4 is 40.1 Å². The molecule has 1 fully saturated rings. The van der Waals surface area contributed by atoms with Crippen LogP contribution in [0.4, 0.5) is 15.8 Å². The molecule has 2 aromatic rings. The maximum atomic E-state index is 13.0. The van der Waals surface area contributed by atoms with E-state index in [-0.39, 0.29) is 24.1 Å². The standard InChI is InChI=1S/C21H20FN3O3S/c1-3-11-25-20(27)18(13-19(26)23-15-9-7-14(22)8-10-15)29-21(25)24-16-5-4-6-17(12-16)28-2/h3-10,12,18H,1,11,13H2,2H3,(H,23,26)/t18-/m1/s1. The fourth-order valence-corrected chi connectivity index (χ4v) is 3.89. The van der Waals surface area contributed by atoms with Gasteiger partial charge < -0.3 is 10.1 Å². The maximum Gasteiger partial charge on any atom is 0.242 e. The Morgan fingerprint density at radius 3 is 2.79 bits per heavy atom. The van der Waals surface area contributed by atoms with Gasteiger partial charge in [0.2, 0.25) is 11.8 Å². The van der Waals surface area contributed by atoms with Crippen LogP contribution in [-0.4, -0.2) is 40.8 Å². The van der Waals surface area contributed by atoms with Crippen LogP contribution in [-0.2, 0) is 9.59 Å². The smallest absolute Gasteiger partial charge is 0.242 e. The Balaban J connectivity index is 1.74. The summed E-state index contributed by atoms with van der Waals surface area (Å²) < 4.78 is 18.2. The summed E-state index contributed by atoms with van der Waals surface area (Å²) in [5.74, 6) is -0.260. The first-order chi connectivity index (χ1) is 14.0. The Labute approximate surface area is 172 Å². The van der Waals surface area contributed by atoms with Gasteiger partial charge in [0.25, 0.3) is 0 Å². The zero-order valence-corrected chi connectivity index (χ0v) is 16.6. The van der Waals surface area contributed by atoms with Gasteiger partial charge in [0.1, 0.15) is 16.8 Å². The molecular weight excluding hydrogens is 393 g/mol. The highest BCUT2D eigenvalue weighted by Crippen LogP contribution is 2.32. The number of anilines is 1. The van der Waals surface area contributed by atoms with Crippen molar-refractivity contribution in [2.24, 2.45) is 4.99 Å². The molecule has 0 unspecified atom stereocenters. The molecule has 3 rings (SSSR count). The number of carbonyl (C=O) groups is 2. The Bertz CT molecular complexity index is 946. The van der Waals surface area contributed by atoms with Gasteiger partial charge in [0.15, 0.2) is 5.17 Å². The van der Waals surface area contributed by atoms with Crippen LogP contribution in [0.15, 0.2) is 66.2 Å². The number of carbonyl (C=O) groups excluding carboxylic acids is 2. The zero-order valence-electron chi connectivity index (χ0n) is 15.8. The number of methoxy groups -OCH3 is 1. The van der Waals surface area contributed by atoms with Crippen LogP contribution >= 0.6 is 11.8 Å². The second-order valence-corrected chi connectivity index (χ2v) is 7.37. The number of amides is 2. The molecule has 1 heterocycles. The minimum Gasteiger partial charge on any atom is -0.497 e. The lowest BCUT2D eigenvalue weighted by atomic mass is 10.2. The predicted molar refractivity (Wildman–Crippen MR) is 113 cm³/mol. The fourth-order valence-electron chi connectivity index (χ4n) is 2.73. The van der Waals surface area contributed by atoms with Crippen molar-refractivity contribution in [3.05, 3.63) is 67.0 Å². The lowest BCUT2D eigenvalue weighted by molar-refractivity contribution is -0.127. The zero-order chi connectivity index (χ0) is 20.8. The third kappa shape index (κ3) is 5.23. The molecule has 29 heavy (non-hydrogen) atoms. The van der Waals surface area contributed by atoms with Crippen LogP contribution in [0.5, 0.6) is 5.75 Å². The molecule has 1 N–H and O–H groups in total. The first-order valence-corrected chi connectivity index (χ1v) is 9.75. The van der Waals surface area contributed by atoms with Crippen LogP contribution in [0.3, 0.4) is 0 Å². The lowest BCUT2D eigenvalue weighted by Gasteiger charge is -2.14. The minimum atomic E-state index is -0.597. The Hall–Kier alpha value is -3.13. The highest BCUT2D eigenvalue weighted by molar-refractivity contribution is 8.15. The monoisotopic (exact) mass is 413 g/mol. The summed E-state index contributed by atoms with van der Waals surface area (Å²) in [6.07, 6.45) is 1.59. The molecule has 0 aliphatic carbocycles. The molecular formula is C21H20FN3O3S. The molecule has 1 aliphatic rings. The van der Waals surface area contributed by atoms with Crippen molar-refractivity contribution in [3.63, 3.8) is 0 Å². The van der Waals surface area contributed by atoms with Gasteiger partial charge in [0.05, 0.1) is 12.8 Å². The van der Waals surface area contributed by atoms with E-state index < -0.39 is 5.25 Å². The summed E-state index contributed by atoms with van der Waals surface area (Å²) >= 11 is 1.23. The molecule has 2 amide bonds. The number of rotatable bonds is 7. The molecule has 2 aromatic carbocycles. The van der Waals surface area contributed by atoms with E-state index in [9.17, 15) is 14.0 Å². The van der Waals surface area contributed by atoms with Gasteiger partial charge in [-0.1, -0.05) is 23.9 Å². The number of thioether (sulfide) groups is 1. The molecule has 0 saturated carbocycles. The van der Waals surface area contributed by atoms with Gasteiger partial charge in [-0.05, 0) is 36.4 Å². The van der Waals surface area contributed by atoms with Crippen LogP contribution in [0.2, 0.25) is 0 Å². The van der Waals surface area contributed by atoms with Gasteiger partial charge in [0, 0.05) is 24.7 Å². The minimum absolute atomic E-state index is 0.0222. The number of nitrogens with zero attached hydrogens (tertiary/aromatic N) is 2. The number of halogens is 1. The molecule has 8 heteroatoms. The molecule has 0 aromatic heterocycles. The summed E-state index contributed by atoms with van der Waals surface area (Å²) in [6.45, 7) is 3.98. The third-order valence-corrected chi connectivity index (χ3v) is 5.28. The topological polar surface area (TPSA) is 71.0 Å². The van der Waals surface area contributed by atoms with E-state index in [1.165, 1.54) is 40.9 Å². The van der Waals surface area contributed by atoms with Crippen LogP contribution in [0.25, 0.3) is 0 Å². The molecule has 1 saturated heterocycles. The Morgan fingerprint density at radius 2 is 2.10 bits per heavy atom. The molecule has 1 atom stereocenters. The first-order valence-electron chi connectivity index (χ1n) is 8.87. The molecule has 0 bridgehead atoms. The molecule has 0 spiro atoms. The van der Waals surface area contributed by atoms with Crippen molar-refractivity contribution in [1.29, 1.82) is 0 Å². The van der Waals surface area contributed by atoms with Crippen molar-refractivity contribution in [2.75, 3.05) is 19.0 Å². The van der Waals surface area contributed by atoms with Crippen molar-refractivity contribution in [2.45, 2.75) is 11.7 Å². The third-order valence-electron chi connectivity index (χ3n) is 4.11. The second kappa shape index (κ2) is 9.38. The van der Waals surface area contributed by atoms with Gasteiger partial charge in [-0.15, -0.1) is 6.58 Å². The van der Waals surface area contributed by atoms with Crippen molar-refractivity contribution in [3.8, 4) is 5.75 Å². The highest BCUT2D eigenvalue weighted by Gasteiger charge is 2.38. The first kappa shape index (κ1) is 20.6. The Kier molecular flexibility index (Phi) is 6.66. The van der Waals surface area contributed by atoms with E-state index >= 15 is 0 Å².